The lowest BCUT2D eigenvalue weighted by Crippen LogP contribution is -2.18. The number of carbonyl (C=O) groups is 1. The van der Waals surface area contributed by atoms with Gasteiger partial charge in [0.1, 0.15) is 0 Å². The van der Waals surface area contributed by atoms with Crippen LogP contribution in [0.3, 0.4) is 0 Å². The molecular weight excluding hydrogens is 388 g/mol. The predicted molar refractivity (Wildman–Crippen MR) is 103 cm³/mol. The summed E-state index contributed by atoms with van der Waals surface area (Å²) in [5.41, 5.74) is 1.20. The maximum absolute atomic E-state index is 12.8. The number of aryl methyl sites for hydroxylation is 2. The van der Waals surface area contributed by atoms with Gasteiger partial charge in [0.25, 0.3) is 10.0 Å². The largest absolute Gasteiger partial charge is 0.287 e. The summed E-state index contributed by atoms with van der Waals surface area (Å²) in [5, 5.41) is 8.25. The zero-order valence-corrected chi connectivity index (χ0v) is 16.3. The molecule has 0 fully saturated rings. The van der Waals surface area contributed by atoms with Gasteiger partial charge in [-0.25, -0.2) is 13.1 Å². The highest BCUT2D eigenvalue weighted by atomic mass is 35.5. The van der Waals surface area contributed by atoms with Crippen molar-refractivity contribution < 1.29 is 13.2 Å². The Labute approximate surface area is 162 Å². The first-order valence-electron chi connectivity index (χ1n) is 8.15. The minimum absolute atomic E-state index is 0.0259. The number of nitrogens with zero attached hydrogens (tertiary/aromatic N) is 3. The molecule has 0 aliphatic carbocycles. The Bertz CT molecular complexity index is 1070. The van der Waals surface area contributed by atoms with E-state index in [0.717, 1.165) is 5.56 Å². The Morgan fingerprint density at radius 2 is 1.74 bits per heavy atom. The fourth-order valence-corrected chi connectivity index (χ4v) is 3.62. The van der Waals surface area contributed by atoms with Gasteiger partial charge in [0.05, 0.1) is 4.90 Å². The van der Waals surface area contributed by atoms with E-state index in [0.29, 0.717) is 17.1 Å². The molecule has 3 aromatic rings. The van der Waals surface area contributed by atoms with Crippen LogP contribution in [0, 0.1) is 6.92 Å². The van der Waals surface area contributed by atoms with Crippen molar-refractivity contribution in [2.45, 2.75) is 25.3 Å². The van der Waals surface area contributed by atoms with Crippen LogP contribution in [0.1, 0.15) is 28.5 Å². The first-order chi connectivity index (χ1) is 12.8. The number of rotatable bonds is 6. The van der Waals surface area contributed by atoms with E-state index in [2.05, 4.69) is 15.0 Å². The average Bonchev–Trinajstić information content (AvgIpc) is 3.04. The lowest BCUT2D eigenvalue weighted by atomic mass is 10.1. The molecule has 0 atom stereocenters. The van der Waals surface area contributed by atoms with Gasteiger partial charge >= 0.3 is 0 Å². The zero-order chi connectivity index (χ0) is 19.6. The van der Waals surface area contributed by atoms with Gasteiger partial charge in [-0.05, 0) is 50.2 Å². The van der Waals surface area contributed by atoms with Crippen LogP contribution in [-0.4, -0.2) is 29.2 Å². The molecule has 2 aromatic carbocycles. The Kier molecular flexibility index (Phi) is 5.29. The number of hydrogen-bond donors (Lipinski definition) is 1. The van der Waals surface area contributed by atoms with E-state index in [4.69, 9.17) is 11.6 Å². The fourth-order valence-electron chi connectivity index (χ4n) is 2.43. The summed E-state index contributed by atoms with van der Waals surface area (Å²) >= 11 is 5.85. The number of nitrogens with one attached hydrogen (secondary N) is 1. The van der Waals surface area contributed by atoms with Crippen LogP contribution in [0.2, 0.25) is 5.02 Å². The van der Waals surface area contributed by atoms with Crippen molar-refractivity contribution in [1.29, 1.82) is 0 Å². The molecule has 0 bridgehead atoms. The van der Waals surface area contributed by atoms with Crippen LogP contribution >= 0.6 is 11.6 Å². The number of halogens is 1. The Morgan fingerprint density at radius 1 is 1.11 bits per heavy atom. The predicted octanol–water partition coefficient (Wildman–Crippen LogP) is 3.29. The van der Waals surface area contributed by atoms with Crippen molar-refractivity contribution in [3.8, 4) is 0 Å². The van der Waals surface area contributed by atoms with Gasteiger partial charge in [-0.2, -0.15) is 0 Å². The Morgan fingerprint density at radius 3 is 2.33 bits per heavy atom. The topological polar surface area (TPSA) is 93.9 Å². The highest BCUT2D eigenvalue weighted by Crippen LogP contribution is 2.22. The van der Waals surface area contributed by atoms with Gasteiger partial charge in [0, 0.05) is 17.1 Å². The highest BCUT2D eigenvalue weighted by Gasteiger charge is 2.25. The first kappa shape index (κ1) is 19.1. The lowest BCUT2D eigenvalue weighted by molar-refractivity contribution is 0.103. The van der Waals surface area contributed by atoms with Crippen LogP contribution < -0.4 is 4.72 Å². The molecule has 0 unspecified atom stereocenters. The van der Waals surface area contributed by atoms with Crippen molar-refractivity contribution in [3.05, 3.63) is 70.4 Å². The van der Waals surface area contributed by atoms with Crippen molar-refractivity contribution in [2.24, 2.45) is 0 Å². The molecule has 0 radical (unpaired) electrons. The molecular formula is C18H17ClN4O3S. The van der Waals surface area contributed by atoms with E-state index in [1.807, 2.05) is 6.92 Å². The van der Waals surface area contributed by atoms with Gasteiger partial charge < -0.3 is 0 Å². The molecule has 140 valence electrons. The molecule has 27 heavy (non-hydrogen) atoms. The summed E-state index contributed by atoms with van der Waals surface area (Å²) in [4.78, 5) is 12.9. The molecule has 7 nitrogen and oxygen atoms in total. The van der Waals surface area contributed by atoms with Crippen LogP contribution in [0.4, 0.5) is 5.82 Å². The highest BCUT2D eigenvalue weighted by molar-refractivity contribution is 7.92. The minimum atomic E-state index is -3.90. The number of carbonyl (C=O) groups excluding carboxylic acids is 1. The van der Waals surface area contributed by atoms with Crippen molar-refractivity contribution in [2.75, 3.05) is 4.72 Å². The molecule has 0 aliphatic rings. The number of sulfonamides is 1. The number of ketones is 1. The van der Waals surface area contributed by atoms with Crippen LogP contribution in [0.5, 0.6) is 0 Å². The number of benzene rings is 2. The van der Waals surface area contributed by atoms with E-state index in [9.17, 15) is 13.2 Å². The minimum Gasteiger partial charge on any atom is -0.287 e. The second-order valence-corrected chi connectivity index (χ2v) is 7.98. The summed E-state index contributed by atoms with van der Waals surface area (Å²) in [6, 6.07) is 12.6. The normalized spacial score (nSPS) is 11.4. The molecule has 0 amide bonds. The maximum Gasteiger partial charge on any atom is 0.263 e. The molecule has 0 saturated carbocycles. The number of hydrogen-bond acceptors (Lipinski definition) is 5. The van der Waals surface area contributed by atoms with Gasteiger partial charge in [0.15, 0.2) is 11.5 Å². The molecule has 3 rings (SSSR count). The Balaban J connectivity index is 2.00. The molecule has 1 N–H and O–H groups in total. The second kappa shape index (κ2) is 7.50. The SMILES string of the molecule is CCn1nnc(C(=O)c2ccc(Cl)cc2)c1NS(=O)(=O)c1ccc(C)cc1. The third-order valence-electron chi connectivity index (χ3n) is 3.92. The van der Waals surface area contributed by atoms with Gasteiger partial charge in [0.2, 0.25) is 5.78 Å². The fraction of sp³-hybridized carbons (Fsp3) is 0.167. The lowest BCUT2D eigenvalue weighted by Gasteiger charge is -2.10. The summed E-state index contributed by atoms with van der Waals surface area (Å²) in [6.45, 7) is 3.98. The van der Waals surface area contributed by atoms with Crippen molar-refractivity contribution in [3.63, 3.8) is 0 Å². The average molecular weight is 405 g/mol. The van der Waals surface area contributed by atoms with Crippen LogP contribution in [0.25, 0.3) is 0 Å². The molecule has 0 spiro atoms. The Hall–Kier alpha value is -2.71. The van der Waals surface area contributed by atoms with E-state index in [1.54, 1.807) is 43.3 Å². The van der Waals surface area contributed by atoms with E-state index in [1.165, 1.54) is 16.8 Å². The second-order valence-electron chi connectivity index (χ2n) is 5.86. The summed E-state index contributed by atoms with van der Waals surface area (Å²) < 4.78 is 29.2. The van der Waals surface area contributed by atoms with Crippen molar-refractivity contribution in [1.82, 2.24) is 15.0 Å². The number of aromatic nitrogens is 3. The monoisotopic (exact) mass is 404 g/mol. The molecule has 9 heteroatoms. The van der Waals surface area contributed by atoms with E-state index < -0.39 is 15.8 Å². The first-order valence-corrected chi connectivity index (χ1v) is 10.0. The molecule has 0 aliphatic heterocycles. The summed E-state index contributed by atoms with van der Waals surface area (Å²) in [5.74, 6) is -0.425. The quantitative estimate of drug-likeness (QED) is 0.636. The van der Waals surface area contributed by atoms with Gasteiger partial charge in [-0.15, -0.1) is 5.10 Å². The standard InChI is InChI=1S/C18H17ClN4O3S/c1-3-23-18(21-27(25,26)15-10-4-12(2)5-11-15)16(20-22-23)17(24)13-6-8-14(19)9-7-13/h4-11,21H,3H2,1-2H3. The van der Waals surface area contributed by atoms with Crippen LogP contribution in [0.15, 0.2) is 53.4 Å². The third kappa shape index (κ3) is 4.01. The number of anilines is 1. The maximum atomic E-state index is 12.8. The summed E-state index contributed by atoms with van der Waals surface area (Å²) in [7, 11) is -3.90. The van der Waals surface area contributed by atoms with Crippen LogP contribution in [-0.2, 0) is 16.6 Å². The molecule has 1 heterocycles. The van der Waals surface area contributed by atoms with Crippen molar-refractivity contribution >= 4 is 33.2 Å². The van der Waals surface area contributed by atoms with E-state index in [-0.39, 0.29) is 16.4 Å². The zero-order valence-electron chi connectivity index (χ0n) is 14.7. The van der Waals surface area contributed by atoms with Gasteiger partial charge in [-0.3, -0.25) is 9.52 Å². The molecule has 0 saturated heterocycles. The van der Waals surface area contributed by atoms with E-state index >= 15 is 0 Å². The van der Waals surface area contributed by atoms with Gasteiger partial charge in [-0.1, -0.05) is 34.5 Å². The smallest absolute Gasteiger partial charge is 0.263 e. The third-order valence-corrected chi connectivity index (χ3v) is 5.53. The summed E-state index contributed by atoms with van der Waals surface area (Å²) in [6.07, 6.45) is 0. The molecule has 1 aromatic heterocycles.